The van der Waals surface area contributed by atoms with E-state index >= 15 is 0 Å². The van der Waals surface area contributed by atoms with Gasteiger partial charge in [0.25, 0.3) is 5.91 Å². The Morgan fingerprint density at radius 2 is 2.20 bits per heavy atom. The van der Waals surface area contributed by atoms with Crippen LogP contribution in [-0.4, -0.2) is 37.1 Å². The van der Waals surface area contributed by atoms with Gasteiger partial charge in [0.05, 0.1) is 16.5 Å². The van der Waals surface area contributed by atoms with Crippen LogP contribution >= 0.6 is 34.5 Å². The maximum Gasteiger partial charge on any atom is 0.256 e. The topological polar surface area (TPSA) is 29.5 Å². The molecular formula is C14H17Cl2NO2S. The Kier molecular flexibility index (Phi) is 5.90. The van der Waals surface area contributed by atoms with Crippen molar-refractivity contribution in [3.05, 3.63) is 33.0 Å². The van der Waals surface area contributed by atoms with Gasteiger partial charge in [-0.25, -0.2) is 0 Å². The number of carbonyl (C=O) groups excluding carboxylic acids is 1. The van der Waals surface area contributed by atoms with E-state index in [2.05, 4.69) is 6.58 Å². The minimum Gasteiger partial charge on any atom is -0.377 e. The van der Waals surface area contributed by atoms with Crippen LogP contribution in [-0.2, 0) is 4.74 Å². The Balaban J connectivity index is 1.86. The van der Waals surface area contributed by atoms with Gasteiger partial charge < -0.3 is 9.64 Å². The molecule has 1 aromatic heterocycles. The van der Waals surface area contributed by atoms with Crippen molar-refractivity contribution in [3.8, 4) is 0 Å². The highest BCUT2D eigenvalue weighted by Gasteiger charge is 2.25. The number of thiophene rings is 1. The van der Waals surface area contributed by atoms with Crippen molar-refractivity contribution in [2.75, 3.05) is 26.3 Å². The number of ether oxygens (including phenoxy) is 1. The largest absolute Gasteiger partial charge is 0.377 e. The van der Waals surface area contributed by atoms with Crippen molar-refractivity contribution in [1.82, 2.24) is 4.90 Å². The lowest BCUT2D eigenvalue weighted by Crippen LogP contribution is -2.39. The molecule has 0 radical (unpaired) electrons. The first kappa shape index (κ1) is 15.8. The van der Waals surface area contributed by atoms with Gasteiger partial charge >= 0.3 is 0 Å². The minimum atomic E-state index is -0.0244. The third kappa shape index (κ3) is 3.98. The van der Waals surface area contributed by atoms with Crippen LogP contribution in [0, 0.1) is 5.92 Å². The van der Waals surface area contributed by atoms with E-state index in [-0.39, 0.29) is 5.91 Å². The summed E-state index contributed by atoms with van der Waals surface area (Å²) in [4.78, 5) is 14.2. The van der Waals surface area contributed by atoms with E-state index in [0.29, 0.717) is 26.8 Å². The summed E-state index contributed by atoms with van der Waals surface area (Å²) >= 11 is 13.1. The molecule has 1 amide bonds. The summed E-state index contributed by atoms with van der Waals surface area (Å²) in [7, 11) is 0. The first-order chi connectivity index (χ1) is 9.61. The van der Waals surface area contributed by atoms with E-state index in [1.165, 1.54) is 11.3 Å². The molecule has 0 saturated carbocycles. The lowest BCUT2D eigenvalue weighted by molar-refractivity contribution is 0.0576. The van der Waals surface area contributed by atoms with Crippen molar-refractivity contribution in [3.63, 3.8) is 0 Å². The van der Waals surface area contributed by atoms with E-state index in [1.807, 2.05) is 4.90 Å². The molecule has 0 aromatic carbocycles. The van der Waals surface area contributed by atoms with E-state index in [4.69, 9.17) is 27.9 Å². The second-order valence-corrected chi connectivity index (χ2v) is 7.09. The summed E-state index contributed by atoms with van der Waals surface area (Å²) in [5, 5.41) is 0. The second kappa shape index (κ2) is 7.46. The average Bonchev–Trinajstić information content (AvgIpc) is 2.78. The predicted molar refractivity (Wildman–Crippen MR) is 84.0 cm³/mol. The Morgan fingerprint density at radius 3 is 2.75 bits per heavy atom. The molecule has 6 heteroatoms. The van der Waals surface area contributed by atoms with Gasteiger partial charge in [-0.05, 0) is 24.8 Å². The Hall–Kier alpha value is -0.550. The van der Waals surface area contributed by atoms with Crippen LogP contribution in [0.4, 0.5) is 0 Å². The molecule has 3 nitrogen and oxygen atoms in total. The molecule has 0 aliphatic carbocycles. The maximum atomic E-state index is 12.3. The molecule has 1 aromatic rings. The molecule has 0 spiro atoms. The van der Waals surface area contributed by atoms with Crippen LogP contribution in [0.15, 0.2) is 18.7 Å². The summed E-state index contributed by atoms with van der Waals surface area (Å²) in [6, 6.07) is 1.65. The first-order valence-electron chi connectivity index (χ1n) is 6.54. The first-order valence-corrected chi connectivity index (χ1v) is 8.11. The van der Waals surface area contributed by atoms with Crippen LogP contribution < -0.4 is 0 Å². The molecule has 20 heavy (non-hydrogen) atoms. The fraction of sp³-hybridized carbons (Fsp3) is 0.500. The van der Waals surface area contributed by atoms with Crippen molar-refractivity contribution < 1.29 is 9.53 Å². The molecule has 0 atom stereocenters. The van der Waals surface area contributed by atoms with E-state index < -0.39 is 0 Å². The van der Waals surface area contributed by atoms with Gasteiger partial charge in [0.15, 0.2) is 0 Å². The third-order valence-corrected chi connectivity index (χ3v) is 4.87. The molecule has 1 aliphatic heterocycles. The molecule has 1 fully saturated rings. The monoisotopic (exact) mass is 333 g/mol. The Labute approximate surface area is 133 Å². The summed E-state index contributed by atoms with van der Waals surface area (Å²) < 4.78 is 6.48. The van der Waals surface area contributed by atoms with Crippen LogP contribution in [0.2, 0.25) is 8.67 Å². The zero-order valence-corrected chi connectivity index (χ0v) is 13.4. The van der Waals surface area contributed by atoms with Crippen LogP contribution in [0.25, 0.3) is 0 Å². The van der Waals surface area contributed by atoms with E-state index in [9.17, 15) is 4.79 Å². The van der Waals surface area contributed by atoms with E-state index in [1.54, 1.807) is 12.1 Å². The van der Waals surface area contributed by atoms with Gasteiger partial charge in [-0.1, -0.05) is 29.3 Å². The highest BCUT2D eigenvalue weighted by Crippen LogP contribution is 2.32. The summed E-state index contributed by atoms with van der Waals surface area (Å²) in [5.41, 5.74) is 0.517. The number of rotatable bonds is 5. The molecule has 1 saturated heterocycles. The molecule has 2 rings (SSSR count). The molecule has 2 heterocycles. The van der Waals surface area contributed by atoms with Gasteiger partial charge in [0, 0.05) is 19.7 Å². The highest BCUT2D eigenvalue weighted by molar-refractivity contribution is 7.20. The smallest absolute Gasteiger partial charge is 0.256 e. The number of likely N-dealkylation sites (tertiary alicyclic amines) is 1. The summed E-state index contributed by atoms with van der Waals surface area (Å²) in [6.07, 6.45) is 3.66. The maximum absolute atomic E-state index is 12.3. The fourth-order valence-corrected chi connectivity index (χ4v) is 3.73. The fourth-order valence-electron chi connectivity index (χ4n) is 2.28. The molecule has 0 N–H and O–H groups in total. The summed E-state index contributed by atoms with van der Waals surface area (Å²) in [6.45, 7) is 6.42. The highest BCUT2D eigenvalue weighted by atomic mass is 35.5. The van der Waals surface area contributed by atoms with Gasteiger partial charge in [-0.15, -0.1) is 17.9 Å². The molecule has 110 valence electrons. The van der Waals surface area contributed by atoms with Gasteiger partial charge in [0.2, 0.25) is 0 Å². The van der Waals surface area contributed by atoms with Crippen molar-refractivity contribution in [1.29, 1.82) is 0 Å². The summed E-state index contributed by atoms with van der Waals surface area (Å²) in [5.74, 6) is 0.490. The molecule has 0 bridgehead atoms. The Morgan fingerprint density at radius 1 is 1.50 bits per heavy atom. The standard InChI is InChI=1S/C14H17Cl2NO2S/c1-2-7-19-9-10-3-5-17(6-4-10)14(18)11-8-12(15)20-13(11)16/h2,8,10H,1,3-7,9H2. The predicted octanol–water partition coefficient (Wildman–Crippen LogP) is 4.11. The van der Waals surface area contributed by atoms with Gasteiger partial charge in [-0.3, -0.25) is 4.79 Å². The van der Waals surface area contributed by atoms with Crippen molar-refractivity contribution in [2.45, 2.75) is 12.8 Å². The van der Waals surface area contributed by atoms with Crippen LogP contribution in [0.1, 0.15) is 23.2 Å². The van der Waals surface area contributed by atoms with Gasteiger partial charge in [0.1, 0.15) is 4.34 Å². The minimum absolute atomic E-state index is 0.0244. The average molecular weight is 334 g/mol. The molecule has 1 aliphatic rings. The number of halogens is 2. The normalized spacial score (nSPS) is 16.4. The third-order valence-electron chi connectivity index (χ3n) is 3.38. The number of hydrogen-bond acceptors (Lipinski definition) is 3. The SMILES string of the molecule is C=CCOCC1CCN(C(=O)c2cc(Cl)sc2Cl)CC1. The molecular weight excluding hydrogens is 317 g/mol. The quantitative estimate of drug-likeness (QED) is 0.599. The lowest BCUT2D eigenvalue weighted by atomic mass is 9.97. The zero-order valence-electron chi connectivity index (χ0n) is 11.1. The Bertz CT molecular complexity index is 482. The number of amides is 1. The van der Waals surface area contributed by atoms with Gasteiger partial charge in [-0.2, -0.15) is 0 Å². The van der Waals surface area contributed by atoms with Crippen LogP contribution in [0.3, 0.4) is 0 Å². The lowest BCUT2D eigenvalue weighted by Gasteiger charge is -2.31. The molecule has 0 unspecified atom stereocenters. The van der Waals surface area contributed by atoms with Crippen molar-refractivity contribution >= 4 is 40.4 Å². The number of nitrogens with zero attached hydrogens (tertiary/aromatic N) is 1. The van der Waals surface area contributed by atoms with Crippen molar-refractivity contribution in [2.24, 2.45) is 5.92 Å². The van der Waals surface area contributed by atoms with E-state index in [0.717, 1.165) is 32.5 Å². The number of hydrogen-bond donors (Lipinski definition) is 0. The zero-order chi connectivity index (χ0) is 14.5. The second-order valence-electron chi connectivity index (χ2n) is 4.80. The number of carbonyl (C=O) groups is 1. The van der Waals surface area contributed by atoms with Crippen LogP contribution in [0.5, 0.6) is 0 Å². The number of piperidine rings is 1.